The molecule has 9 heteroatoms. The van der Waals surface area contributed by atoms with Crippen molar-refractivity contribution in [3.05, 3.63) is 47.3 Å². The van der Waals surface area contributed by atoms with E-state index in [-0.39, 0.29) is 17.3 Å². The van der Waals surface area contributed by atoms with Crippen molar-refractivity contribution in [2.75, 3.05) is 0 Å². The quantitative estimate of drug-likeness (QED) is 0.852. The van der Waals surface area contributed by atoms with Crippen molar-refractivity contribution in [3.63, 3.8) is 0 Å². The van der Waals surface area contributed by atoms with Crippen LogP contribution in [0.1, 0.15) is 40.9 Å². The molecule has 1 amide bonds. The van der Waals surface area contributed by atoms with Gasteiger partial charge < -0.3 is 10.4 Å². The molecule has 2 N–H and O–H groups in total. The molecule has 1 aliphatic rings. The summed E-state index contributed by atoms with van der Waals surface area (Å²) in [4.78, 5) is 23.5. The summed E-state index contributed by atoms with van der Waals surface area (Å²) in [6, 6.07) is 4.45. The lowest BCUT2D eigenvalue weighted by Crippen LogP contribution is -2.33. The number of aromatic nitrogens is 2. The molecule has 2 atom stereocenters. The molecule has 1 aromatic heterocycles. The normalized spacial score (nSPS) is 19.9. The van der Waals surface area contributed by atoms with E-state index in [1.807, 2.05) is 0 Å². The lowest BCUT2D eigenvalue weighted by molar-refractivity contribution is -0.141. The highest BCUT2D eigenvalue weighted by Gasteiger charge is 2.32. The zero-order valence-electron chi connectivity index (χ0n) is 14.5. The third kappa shape index (κ3) is 3.96. The van der Waals surface area contributed by atoms with Crippen LogP contribution in [0.5, 0.6) is 0 Å². The summed E-state index contributed by atoms with van der Waals surface area (Å²) in [6.45, 7) is 1.59. The Labute approximate surface area is 153 Å². The molecule has 27 heavy (non-hydrogen) atoms. The molecule has 0 spiro atoms. The number of hydrogen-bond acceptors (Lipinski definition) is 3. The van der Waals surface area contributed by atoms with Crippen molar-refractivity contribution in [2.24, 2.45) is 5.92 Å². The Balaban J connectivity index is 1.78. The maximum atomic E-state index is 12.9. The molecular weight excluding hydrogens is 363 g/mol. The van der Waals surface area contributed by atoms with Gasteiger partial charge in [0.15, 0.2) is 0 Å². The molecule has 1 aliphatic carbocycles. The molecule has 1 heterocycles. The van der Waals surface area contributed by atoms with Gasteiger partial charge in [0.05, 0.1) is 34.6 Å². The smallest absolute Gasteiger partial charge is 0.416 e. The summed E-state index contributed by atoms with van der Waals surface area (Å²) in [5.41, 5.74) is 0.0468. The van der Waals surface area contributed by atoms with Gasteiger partial charge in [0.2, 0.25) is 0 Å². The molecule has 0 saturated heterocycles. The monoisotopic (exact) mass is 381 g/mol. The number of aliphatic carboxylic acids is 1. The zero-order chi connectivity index (χ0) is 19.8. The number of carbonyl (C=O) groups is 2. The second kappa shape index (κ2) is 7.05. The highest BCUT2D eigenvalue weighted by Crippen LogP contribution is 2.31. The number of benzene rings is 1. The fraction of sp³-hybridized carbons (Fsp3) is 0.389. The summed E-state index contributed by atoms with van der Waals surface area (Å²) < 4.78 is 40.0. The van der Waals surface area contributed by atoms with Crippen LogP contribution < -0.4 is 5.32 Å². The van der Waals surface area contributed by atoms with Crippen molar-refractivity contribution in [1.29, 1.82) is 0 Å². The van der Waals surface area contributed by atoms with E-state index in [9.17, 15) is 22.8 Å². The van der Waals surface area contributed by atoms with Gasteiger partial charge in [-0.25, -0.2) is 4.68 Å². The molecule has 1 saturated carbocycles. The Bertz CT molecular complexity index is 876. The van der Waals surface area contributed by atoms with Gasteiger partial charge in [-0.3, -0.25) is 9.59 Å². The van der Waals surface area contributed by atoms with Crippen LogP contribution >= 0.6 is 0 Å². The molecule has 0 radical (unpaired) electrons. The van der Waals surface area contributed by atoms with Gasteiger partial charge in [0.1, 0.15) is 0 Å². The largest absolute Gasteiger partial charge is 0.481 e. The topological polar surface area (TPSA) is 84.2 Å². The van der Waals surface area contributed by atoms with Gasteiger partial charge in [0.25, 0.3) is 5.91 Å². The van der Waals surface area contributed by atoms with E-state index >= 15 is 0 Å². The second-order valence-corrected chi connectivity index (χ2v) is 6.62. The number of halogens is 3. The van der Waals surface area contributed by atoms with E-state index in [4.69, 9.17) is 5.11 Å². The maximum absolute atomic E-state index is 12.9. The Morgan fingerprint density at radius 1 is 1.30 bits per heavy atom. The summed E-state index contributed by atoms with van der Waals surface area (Å²) in [6.07, 6.45) is -1.73. The van der Waals surface area contributed by atoms with Crippen LogP contribution in [-0.2, 0) is 11.0 Å². The first-order valence-corrected chi connectivity index (χ1v) is 8.42. The first-order chi connectivity index (χ1) is 12.7. The van der Waals surface area contributed by atoms with Gasteiger partial charge in [0, 0.05) is 6.04 Å². The number of carboxylic acids is 1. The van der Waals surface area contributed by atoms with Crippen molar-refractivity contribution in [2.45, 2.75) is 38.4 Å². The Morgan fingerprint density at radius 3 is 2.67 bits per heavy atom. The second-order valence-electron chi connectivity index (χ2n) is 6.62. The van der Waals surface area contributed by atoms with E-state index in [1.165, 1.54) is 23.0 Å². The summed E-state index contributed by atoms with van der Waals surface area (Å²) in [7, 11) is 0. The number of carbonyl (C=O) groups excluding carboxylic acids is 1. The van der Waals surface area contributed by atoms with Gasteiger partial charge in [-0.15, -0.1) is 0 Å². The standard InChI is InChI=1S/C18H18F3N3O3/c1-10-15(16(25)23-13-6-5-11(7-13)17(26)27)9-22-24(10)14-4-2-3-12(8-14)18(19,20)21/h2-4,8-9,11,13H,5-7H2,1H3,(H,23,25)(H,26,27)/t11-,13+/m0/s1. The highest BCUT2D eigenvalue weighted by molar-refractivity contribution is 5.95. The first-order valence-electron chi connectivity index (χ1n) is 8.42. The lowest BCUT2D eigenvalue weighted by Gasteiger charge is -2.13. The van der Waals surface area contributed by atoms with E-state index in [0.717, 1.165) is 12.1 Å². The number of carboxylic acid groups (broad SMARTS) is 1. The minimum Gasteiger partial charge on any atom is -0.481 e. The van der Waals surface area contributed by atoms with Crippen LogP contribution in [-0.4, -0.2) is 32.8 Å². The van der Waals surface area contributed by atoms with E-state index < -0.39 is 29.5 Å². The fourth-order valence-electron chi connectivity index (χ4n) is 3.31. The molecule has 6 nitrogen and oxygen atoms in total. The van der Waals surface area contributed by atoms with E-state index in [0.29, 0.717) is 25.0 Å². The minimum absolute atomic E-state index is 0.202. The fourth-order valence-corrected chi connectivity index (χ4v) is 3.31. The highest BCUT2D eigenvalue weighted by atomic mass is 19.4. The SMILES string of the molecule is Cc1c(C(=O)N[C@@H]2CC[C@H](C(=O)O)C2)cnn1-c1cccc(C(F)(F)F)c1. The first kappa shape index (κ1) is 18.9. The molecule has 0 unspecified atom stereocenters. The number of nitrogens with zero attached hydrogens (tertiary/aromatic N) is 2. The molecule has 0 bridgehead atoms. The van der Waals surface area contributed by atoms with Gasteiger partial charge in [-0.05, 0) is 44.4 Å². The van der Waals surface area contributed by atoms with Crippen molar-refractivity contribution < 1.29 is 27.9 Å². The molecule has 0 aliphatic heterocycles. The molecular formula is C18H18F3N3O3. The number of amides is 1. The predicted octanol–water partition coefficient (Wildman–Crippen LogP) is 3.18. The van der Waals surface area contributed by atoms with Gasteiger partial charge >= 0.3 is 12.1 Å². The summed E-state index contributed by atoms with van der Waals surface area (Å²) in [5.74, 6) is -1.76. The van der Waals surface area contributed by atoms with Crippen LogP contribution in [0.4, 0.5) is 13.2 Å². The Kier molecular flexibility index (Phi) is 4.95. The van der Waals surface area contributed by atoms with Crippen LogP contribution in [0, 0.1) is 12.8 Å². The Morgan fingerprint density at radius 2 is 2.04 bits per heavy atom. The molecule has 1 aromatic carbocycles. The molecule has 144 valence electrons. The van der Waals surface area contributed by atoms with Gasteiger partial charge in [-0.2, -0.15) is 18.3 Å². The van der Waals surface area contributed by atoms with Crippen molar-refractivity contribution in [1.82, 2.24) is 15.1 Å². The Hall–Kier alpha value is -2.84. The lowest BCUT2D eigenvalue weighted by atomic mass is 10.1. The maximum Gasteiger partial charge on any atom is 0.416 e. The average molecular weight is 381 g/mol. The third-order valence-electron chi connectivity index (χ3n) is 4.79. The number of rotatable bonds is 4. The van der Waals surface area contributed by atoms with E-state index in [1.54, 1.807) is 6.92 Å². The minimum atomic E-state index is -4.47. The van der Waals surface area contributed by atoms with Crippen LogP contribution in [0.15, 0.2) is 30.5 Å². The number of nitrogens with one attached hydrogen (secondary N) is 1. The van der Waals surface area contributed by atoms with Crippen LogP contribution in [0.3, 0.4) is 0 Å². The summed E-state index contributed by atoms with van der Waals surface area (Å²) >= 11 is 0. The third-order valence-corrected chi connectivity index (χ3v) is 4.79. The molecule has 2 aromatic rings. The summed E-state index contributed by atoms with van der Waals surface area (Å²) in [5, 5.41) is 15.9. The number of hydrogen-bond donors (Lipinski definition) is 2. The molecule has 1 fully saturated rings. The van der Waals surface area contributed by atoms with Gasteiger partial charge in [-0.1, -0.05) is 6.07 Å². The average Bonchev–Trinajstić information content (AvgIpc) is 3.21. The van der Waals surface area contributed by atoms with Crippen molar-refractivity contribution >= 4 is 11.9 Å². The van der Waals surface area contributed by atoms with E-state index in [2.05, 4.69) is 10.4 Å². The number of alkyl halides is 3. The molecule has 3 rings (SSSR count). The zero-order valence-corrected chi connectivity index (χ0v) is 14.5. The van der Waals surface area contributed by atoms with Crippen molar-refractivity contribution in [3.8, 4) is 5.69 Å². The van der Waals surface area contributed by atoms with Crippen LogP contribution in [0.2, 0.25) is 0 Å². The predicted molar refractivity (Wildman–Crippen MR) is 89.5 cm³/mol. The van der Waals surface area contributed by atoms with Crippen LogP contribution in [0.25, 0.3) is 5.69 Å².